The third-order valence-electron chi connectivity index (χ3n) is 4.75. The number of oxazole rings is 1. The van der Waals surface area contributed by atoms with E-state index in [-0.39, 0.29) is 24.3 Å². The maximum absolute atomic E-state index is 12.6. The Balaban J connectivity index is 1.36. The van der Waals surface area contributed by atoms with E-state index in [9.17, 15) is 14.4 Å². The van der Waals surface area contributed by atoms with Gasteiger partial charge in [-0.2, -0.15) is 0 Å². The van der Waals surface area contributed by atoms with E-state index < -0.39 is 5.76 Å². The zero-order valence-corrected chi connectivity index (χ0v) is 15.3. The standard InChI is InChI=1S/C18H18N4O4S/c23-15(11-22-13-3-1-2-4-14(13)26-18(22)25)21-8-5-12(6-9-21)16(24)20-17-19-7-10-27-17/h1-4,7,10,12H,5-6,8-9,11H2,(H,19,20,24). The Morgan fingerprint density at radius 1 is 1.26 bits per heavy atom. The van der Waals surface area contributed by atoms with Gasteiger partial charge in [-0.3, -0.25) is 14.2 Å². The molecule has 1 fully saturated rings. The number of piperidine rings is 1. The minimum Gasteiger partial charge on any atom is -0.408 e. The molecule has 2 amide bonds. The van der Waals surface area contributed by atoms with Crippen LogP contribution in [0, 0.1) is 5.92 Å². The number of para-hydroxylation sites is 2. The number of nitrogens with one attached hydrogen (secondary N) is 1. The average molecular weight is 386 g/mol. The molecule has 1 saturated heterocycles. The summed E-state index contributed by atoms with van der Waals surface area (Å²) in [4.78, 5) is 42.7. The number of hydrogen-bond acceptors (Lipinski definition) is 6. The smallest absolute Gasteiger partial charge is 0.408 e. The number of aromatic nitrogens is 2. The molecule has 0 saturated carbocycles. The van der Waals surface area contributed by atoms with Crippen molar-refractivity contribution in [1.82, 2.24) is 14.5 Å². The van der Waals surface area contributed by atoms with Crippen LogP contribution >= 0.6 is 11.3 Å². The van der Waals surface area contributed by atoms with Gasteiger partial charge in [0.25, 0.3) is 0 Å². The number of nitrogens with zero attached hydrogens (tertiary/aromatic N) is 3. The van der Waals surface area contributed by atoms with Crippen LogP contribution in [0.1, 0.15) is 12.8 Å². The Morgan fingerprint density at radius 2 is 2.04 bits per heavy atom. The summed E-state index contributed by atoms with van der Waals surface area (Å²) in [6.07, 6.45) is 2.82. The highest BCUT2D eigenvalue weighted by molar-refractivity contribution is 7.13. The molecule has 1 aliphatic heterocycles. The van der Waals surface area contributed by atoms with Crippen LogP contribution in [0.5, 0.6) is 0 Å². The summed E-state index contributed by atoms with van der Waals surface area (Å²) in [5.74, 6) is -0.894. The number of fused-ring (bicyclic) bond motifs is 1. The molecule has 2 aromatic heterocycles. The number of likely N-dealkylation sites (tertiary alicyclic amines) is 1. The zero-order valence-electron chi connectivity index (χ0n) is 14.5. The molecule has 0 spiro atoms. The van der Waals surface area contributed by atoms with Crippen LogP contribution in [0.15, 0.2) is 45.1 Å². The van der Waals surface area contributed by atoms with Crippen LogP contribution in [0.2, 0.25) is 0 Å². The molecular formula is C18H18N4O4S. The highest BCUT2D eigenvalue weighted by atomic mass is 32.1. The number of rotatable bonds is 4. The van der Waals surface area contributed by atoms with Crippen molar-refractivity contribution in [3.63, 3.8) is 0 Å². The van der Waals surface area contributed by atoms with Crippen molar-refractivity contribution in [2.75, 3.05) is 18.4 Å². The normalized spacial score (nSPS) is 15.2. The van der Waals surface area contributed by atoms with Gasteiger partial charge in [0.15, 0.2) is 10.7 Å². The van der Waals surface area contributed by atoms with E-state index in [0.717, 1.165) is 0 Å². The van der Waals surface area contributed by atoms with E-state index in [0.29, 0.717) is 42.2 Å². The SMILES string of the molecule is O=C(Nc1nccs1)C1CCN(C(=O)Cn2c(=O)oc3ccccc32)CC1. The summed E-state index contributed by atoms with van der Waals surface area (Å²) in [6.45, 7) is 0.907. The van der Waals surface area contributed by atoms with Crippen molar-refractivity contribution in [2.45, 2.75) is 19.4 Å². The van der Waals surface area contributed by atoms with Crippen LogP contribution in [0.3, 0.4) is 0 Å². The summed E-state index contributed by atoms with van der Waals surface area (Å²) in [7, 11) is 0. The van der Waals surface area contributed by atoms with Gasteiger partial charge in [0.2, 0.25) is 11.8 Å². The number of amides is 2. The fourth-order valence-corrected chi connectivity index (χ4v) is 3.81. The van der Waals surface area contributed by atoms with E-state index in [1.54, 1.807) is 40.7 Å². The van der Waals surface area contributed by atoms with E-state index in [2.05, 4.69) is 10.3 Å². The van der Waals surface area contributed by atoms with Crippen molar-refractivity contribution in [2.24, 2.45) is 5.92 Å². The Kier molecular flexibility index (Phi) is 4.76. The first-order valence-corrected chi connectivity index (χ1v) is 9.56. The highest BCUT2D eigenvalue weighted by Gasteiger charge is 2.28. The largest absolute Gasteiger partial charge is 0.420 e. The summed E-state index contributed by atoms with van der Waals surface area (Å²) in [5, 5.41) is 5.20. The van der Waals surface area contributed by atoms with Crippen molar-refractivity contribution in [3.8, 4) is 0 Å². The minimum absolute atomic E-state index is 0.0610. The molecule has 3 heterocycles. The first-order chi connectivity index (χ1) is 13.1. The van der Waals surface area contributed by atoms with Gasteiger partial charge in [-0.1, -0.05) is 12.1 Å². The quantitative estimate of drug-likeness (QED) is 0.739. The molecule has 140 valence electrons. The molecule has 0 aliphatic carbocycles. The summed E-state index contributed by atoms with van der Waals surface area (Å²) < 4.78 is 6.51. The number of anilines is 1. The molecule has 1 aromatic carbocycles. The lowest BCUT2D eigenvalue weighted by molar-refractivity contribution is -0.135. The lowest BCUT2D eigenvalue weighted by Crippen LogP contribution is -2.43. The van der Waals surface area contributed by atoms with E-state index in [4.69, 9.17) is 4.42 Å². The molecule has 0 radical (unpaired) electrons. The molecule has 1 aliphatic rings. The molecule has 3 aromatic rings. The van der Waals surface area contributed by atoms with Gasteiger partial charge in [-0.05, 0) is 25.0 Å². The van der Waals surface area contributed by atoms with Gasteiger partial charge in [-0.15, -0.1) is 11.3 Å². The fourth-order valence-electron chi connectivity index (χ4n) is 3.28. The maximum atomic E-state index is 12.6. The first kappa shape index (κ1) is 17.5. The van der Waals surface area contributed by atoms with Gasteiger partial charge in [0.05, 0.1) is 5.52 Å². The lowest BCUT2D eigenvalue weighted by Gasteiger charge is -2.31. The maximum Gasteiger partial charge on any atom is 0.420 e. The predicted molar refractivity (Wildman–Crippen MR) is 101 cm³/mol. The molecule has 1 N–H and O–H groups in total. The lowest BCUT2D eigenvalue weighted by atomic mass is 9.96. The van der Waals surface area contributed by atoms with E-state index >= 15 is 0 Å². The van der Waals surface area contributed by atoms with Gasteiger partial charge < -0.3 is 14.6 Å². The molecule has 9 heteroatoms. The van der Waals surface area contributed by atoms with Crippen molar-refractivity contribution in [3.05, 3.63) is 46.4 Å². The van der Waals surface area contributed by atoms with Crippen LogP contribution in [-0.4, -0.2) is 39.4 Å². The Hall–Kier alpha value is -2.94. The number of thiazole rings is 1. The van der Waals surface area contributed by atoms with Crippen LogP contribution in [-0.2, 0) is 16.1 Å². The third kappa shape index (κ3) is 3.63. The molecule has 0 atom stereocenters. The van der Waals surface area contributed by atoms with Gasteiger partial charge in [0.1, 0.15) is 6.54 Å². The highest BCUT2D eigenvalue weighted by Crippen LogP contribution is 2.21. The fraction of sp³-hybridized carbons (Fsp3) is 0.333. The second kappa shape index (κ2) is 7.36. The number of carbonyl (C=O) groups is 2. The molecule has 0 unspecified atom stereocenters. The van der Waals surface area contributed by atoms with Crippen LogP contribution in [0.4, 0.5) is 5.13 Å². The molecule has 8 nitrogen and oxygen atoms in total. The zero-order chi connectivity index (χ0) is 18.8. The molecule has 4 rings (SSSR count). The Morgan fingerprint density at radius 3 is 2.78 bits per heavy atom. The second-order valence-corrected chi connectivity index (χ2v) is 7.30. The third-order valence-corrected chi connectivity index (χ3v) is 5.44. The van der Waals surface area contributed by atoms with Crippen LogP contribution in [0.25, 0.3) is 11.1 Å². The molecule has 27 heavy (non-hydrogen) atoms. The topological polar surface area (TPSA) is 97.4 Å². The summed E-state index contributed by atoms with van der Waals surface area (Å²) in [6, 6.07) is 7.02. The minimum atomic E-state index is -0.540. The molecular weight excluding hydrogens is 368 g/mol. The number of benzene rings is 1. The Bertz CT molecular complexity index is 1020. The number of carbonyl (C=O) groups excluding carboxylic acids is 2. The van der Waals surface area contributed by atoms with Gasteiger partial charge in [0, 0.05) is 30.6 Å². The van der Waals surface area contributed by atoms with Crippen molar-refractivity contribution >= 4 is 39.4 Å². The van der Waals surface area contributed by atoms with E-state index in [1.165, 1.54) is 15.9 Å². The monoisotopic (exact) mass is 386 g/mol. The summed E-state index contributed by atoms with van der Waals surface area (Å²) >= 11 is 1.38. The van der Waals surface area contributed by atoms with Gasteiger partial charge in [-0.25, -0.2) is 9.78 Å². The van der Waals surface area contributed by atoms with Crippen LogP contribution < -0.4 is 11.1 Å². The van der Waals surface area contributed by atoms with Crippen molar-refractivity contribution < 1.29 is 14.0 Å². The predicted octanol–water partition coefficient (Wildman–Crippen LogP) is 1.93. The average Bonchev–Trinajstić information content (AvgIpc) is 3.30. The summed E-state index contributed by atoms with van der Waals surface area (Å²) in [5.41, 5.74) is 1.07. The van der Waals surface area contributed by atoms with Gasteiger partial charge >= 0.3 is 5.76 Å². The molecule has 0 bridgehead atoms. The Labute approximate surface area is 158 Å². The first-order valence-electron chi connectivity index (χ1n) is 8.68. The number of hydrogen-bond donors (Lipinski definition) is 1. The second-order valence-electron chi connectivity index (χ2n) is 6.40. The van der Waals surface area contributed by atoms with E-state index in [1.807, 2.05) is 0 Å². The van der Waals surface area contributed by atoms with Crippen molar-refractivity contribution in [1.29, 1.82) is 0 Å².